The van der Waals surface area contributed by atoms with Crippen LogP contribution >= 0.6 is 23.2 Å². The van der Waals surface area contributed by atoms with Crippen LogP contribution in [-0.2, 0) is 26.2 Å². The molecule has 2 rings (SSSR count). The number of carbonyl (C=O) groups excluding carboxylic acids is 2. The maximum atomic E-state index is 13.6. The average molecular weight is 529 g/mol. The highest BCUT2D eigenvalue weighted by Crippen LogP contribution is 2.31. The third-order valence-electron chi connectivity index (χ3n) is 5.15. The molecule has 10 heteroatoms. The molecule has 0 heterocycles. The lowest BCUT2D eigenvalue weighted by Crippen LogP contribution is -2.53. The van der Waals surface area contributed by atoms with Crippen molar-refractivity contribution in [2.24, 2.45) is 0 Å². The largest absolute Gasteiger partial charge is 0.352 e. The van der Waals surface area contributed by atoms with Crippen molar-refractivity contribution in [2.75, 3.05) is 17.1 Å². The van der Waals surface area contributed by atoms with Gasteiger partial charge in [0.15, 0.2) is 0 Å². The summed E-state index contributed by atoms with van der Waals surface area (Å²) in [5.74, 6) is -0.836. The Bertz CT molecular complexity index is 1120. The number of benzene rings is 2. The van der Waals surface area contributed by atoms with E-state index in [1.807, 2.05) is 52.0 Å². The predicted octanol–water partition coefficient (Wildman–Crippen LogP) is 4.40. The molecule has 0 bridgehead atoms. The van der Waals surface area contributed by atoms with Gasteiger partial charge in [-0.15, -0.1) is 0 Å². The van der Waals surface area contributed by atoms with Gasteiger partial charge < -0.3 is 10.2 Å². The fourth-order valence-corrected chi connectivity index (χ4v) is 4.75. The van der Waals surface area contributed by atoms with Gasteiger partial charge in [-0.2, -0.15) is 0 Å². The third-order valence-corrected chi connectivity index (χ3v) is 6.83. The summed E-state index contributed by atoms with van der Waals surface area (Å²) in [7, 11) is -3.89. The molecule has 1 atom stereocenters. The minimum absolute atomic E-state index is 0.0972. The van der Waals surface area contributed by atoms with E-state index in [1.54, 1.807) is 0 Å². The van der Waals surface area contributed by atoms with Crippen LogP contribution in [0.3, 0.4) is 0 Å². The first-order valence-corrected chi connectivity index (χ1v) is 13.5. The number of anilines is 1. The second kappa shape index (κ2) is 11.9. The number of halogens is 2. The highest BCUT2D eigenvalue weighted by molar-refractivity contribution is 7.92. The molecule has 0 radical (unpaired) electrons. The van der Waals surface area contributed by atoms with Crippen LogP contribution in [-0.4, -0.2) is 50.0 Å². The van der Waals surface area contributed by atoms with Crippen molar-refractivity contribution in [2.45, 2.75) is 52.7 Å². The Hall–Kier alpha value is -2.29. The molecule has 0 aliphatic carbocycles. The highest BCUT2D eigenvalue weighted by atomic mass is 35.5. The molecule has 186 valence electrons. The highest BCUT2D eigenvalue weighted by Gasteiger charge is 2.32. The Kier molecular flexibility index (Phi) is 9.79. The molecule has 2 amide bonds. The van der Waals surface area contributed by atoms with Gasteiger partial charge >= 0.3 is 0 Å². The van der Waals surface area contributed by atoms with Gasteiger partial charge in [0.05, 0.1) is 17.0 Å². The summed E-state index contributed by atoms with van der Waals surface area (Å²) < 4.78 is 26.2. The van der Waals surface area contributed by atoms with Crippen molar-refractivity contribution < 1.29 is 18.0 Å². The SMILES string of the molecule is CC[C@H](C(=O)NC(C)C)N(Cc1ccc(C)cc1)C(=O)CN(c1cc(Cl)ccc1Cl)S(C)(=O)=O. The quantitative estimate of drug-likeness (QED) is 0.495. The molecule has 0 aromatic heterocycles. The number of hydrogen-bond acceptors (Lipinski definition) is 4. The second-order valence-corrected chi connectivity index (χ2v) is 11.2. The molecule has 0 saturated heterocycles. The Balaban J connectivity index is 2.48. The lowest BCUT2D eigenvalue weighted by molar-refractivity contribution is -0.140. The first-order chi connectivity index (χ1) is 15.8. The van der Waals surface area contributed by atoms with Gasteiger partial charge in [-0.1, -0.05) is 60.0 Å². The van der Waals surface area contributed by atoms with Crippen LogP contribution < -0.4 is 9.62 Å². The summed E-state index contributed by atoms with van der Waals surface area (Å²) in [5.41, 5.74) is 1.98. The fraction of sp³-hybridized carbons (Fsp3) is 0.417. The standard InChI is InChI=1S/C24H31Cl2N3O4S/c1-6-21(24(31)27-16(2)3)28(14-18-9-7-17(4)8-10-18)23(30)15-29(34(5,32)33)22-13-19(25)11-12-20(22)26/h7-13,16,21H,6,14-15H2,1-5H3,(H,27,31)/t21-/m1/s1. The van der Waals surface area contributed by atoms with E-state index in [4.69, 9.17) is 23.2 Å². The number of nitrogens with one attached hydrogen (secondary N) is 1. The summed E-state index contributed by atoms with van der Waals surface area (Å²) in [4.78, 5) is 28.0. The van der Waals surface area contributed by atoms with Crippen molar-refractivity contribution in [3.8, 4) is 0 Å². The van der Waals surface area contributed by atoms with Crippen LogP contribution in [0.15, 0.2) is 42.5 Å². The van der Waals surface area contributed by atoms with Crippen LogP contribution in [0.4, 0.5) is 5.69 Å². The fourth-order valence-electron chi connectivity index (χ4n) is 3.46. The number of hydrogen-bond donors (Lipinski definition) is 1. The van der Waals surface area contributed by atoms with Crippen LogP contribution in [0.1, 0.15) is 38.3 Å². The van der Waals surface area contributed by atoms with E-state index in [-0.39, 0.29) is 34.2 Å². The summed E-state index contributed by atoms with van der Waals surface area (Å²) >= 11 is 12.3. The molecule has 0 saturated carbocycles. The lowest BCUT2D eigenvalue weighted by atomic mass is 10.1. The van der Waals surface area contributed by atoms with Crippen LogP contribution in [0, 0.1) is 6.92 Å². The zero-order chi connectivity index (χ0) is 25.6. The Labute approximate surface area is 212 Å². The van der Waals surface area contributed by atoms with Crippen LogP contribution in [0.5, 0.6) is 0 Å². The molecular weight excluding hydrogens is 497 g/mol. The van der Waals surface area contributed by atoms with Crippen molar-refractivity contribution in [1.29, 1.82) is 0 Å². The number of carbonyl (C=O) groups is 2. The number of aryl methyl sites for hydroxylation is 1. The number of rotatable bonds is 10. The van der Waals surface area contributed by atoms with E-state index >= 15 is 0 Å². The monoisotopic (exact) mass is 527 g/mol. The maximum Gasteiger partial charge on any atom is 0.244 e. The number of nitrogens with zero attached hydrogens (tertiary/aromatic N) is 2. The normalized spacial score (nSPS) is 12.4. The molecule has 0 aliphatic rings. The Morgan fingerprint density at radius 2 is 1.68 bits per heavy atom. The van der Waals surface area contributed by atoms with Gasteiger partial charge in [0.1, 0.15) is 12.6 Å². The van der Waals surface area contributed by atoms with Gasteiger partial charge in [-0.3, -0.25) is 13.9 Å². The molecule has 1 N–H and O–H groups in total. The van der Waals surface area contributed by atoms with Gasteiger partial charge in [0, 0.05) is 17.6 Å². The molecule has 2 aromatic carbocycles. The Morgan fingerprint density at radius 1 is 1.06 bits per heavy atom. The summed E-state index contributed by atoms with van der Waals surface area (Å²) in [6.07, 6.45) is 1.34. The topological polar surface area (TPSA) is 86.8 Å². The molecule has 0 aliphatic heterocycles. The predicted molar refractivity (Wildman–Crippen MR) is 138 cm³/mol. The van der Waals surface area contributed by atoms with E-state index in [0.717, 1.165) is 21.7 Å². The minimum Gasteiger partial charge on any atom is -0.352 e. The van der Waals surface area contributed by atoms with Gasteiger partial charge in [-0.25, -0.2) is 8.42 Å². The van der Waals surface area contributed by atoms with E-state index in [9.17, 15) is 18.0 Å². The summed E-state index contributed by atoms with van der Waals surface area (Å²) in [6, 6.07) is 11.1. The molecule has 34 heavy (non-hydrogen) atoms. The van der Waals surface area contributed by atoms with E-state index < -0.39 is 28.5 Å². The molecular formula is C24H31Cl2N3O4S. The zero-order valence-electron chi connectivity index (χ0n) is 20.0. The van der Waals surface area contributed by atoms with Crippen molar-refractivity contribution in [3.05, 3.63) is 63.6 Å². The molecule has 0 unspecified atom stereocenters. The minimum atomic E-state index is -3.89. The number of sulfonamides is 1. The van der Waals surface area contributed by atoms with Gasteiger partial charge in [0.25, 0.3) is 0 Å². The van der Waals surface area contributed by atoms with Crippen molar-refractivity contribution >= 4 is 50.7 Å². The lowest BCUT2D eigenvalue weighted by Gasteiger charge is -2.33. The van der Waals surface area contributed by atoms with Gasteiger partial charge in [-0.05, 0) is 51.0 Å². The maximum absolute atomic E-state index is 13.6. The van der Waals surface area contributed by atoms with Gasteiger partial charge in [0.2, 0.25) is 21.8 Å². The Morgan fingerprint density at radius 3 is 2.21 bits per heavy atom. The van der Waals surface area contributed by atoms with E-state index in [0.29, 0.717) is 6.42 Å². The van der Waals surface area contributed by atoms with Crippen LogP contribution in [0.25, 0.3) is 0 Å². The van der Waals surface area contributed by atoms with E-state index in [2.05, 4.69) is 5.32 Å². The zero-order valence-corrected chi connectivity index (χ0v) is 22.3. The molecule has 0 spiro atoms. The second-order valence-electron chi connectivity index (χ2n) is 8.46. The first kappa shape index (κ1) is 28.0. The first-order valence-electron chi connectivity index (χ1n) is 10.9. The van der Waals surface area contributed by atoms with Crippen LogP contribution in [0.2, 0.25) is 10.0 Å². The summed E-state index contributed by atoms with van der Waals surface area (Å²) in [5, 5.41) is 3.27. The number of amides is 2. The molecule has 7 nitrogen and oxygen atoms in total. The third kappa shape index (κ3) is 7.61. The smallest absolute Gasteiger partial charge is 0.244 e. The van der Waals surface area contributed by atoms with Crippen molar-refractivity contribution in [3.63, 3.8) is 0 Å². The summed E-state index contributed by atoms with van der Waals surface area (Å²) in [6.45, 7) is 7.05. The molecule has 0 fully saturated rings. The van der Waals surface area contributed by atoms with Crippen molar-refractivity contribution in [1.82, 2.24) is 10.2 Å². The molecule has 2 aromatic rings. The average Bonchev–Trinajstić information content (AvgIpc) is 2.73. The van der Waals surface area contributed by atoms with E-state index in [1.165, 1.54) is 23.1 Å².